The summed E-state index contributed by atoms with van der Waals surface area (Å²) in [6, 6.07) is 10.4. The number of rotatable bonds is 3. The van der Waals surface area contributed by atoms with Crippen molar-refractivity contribution >= 4 is 17.5 Å². The highest BCUT2D eigenvalue weighted by molar-refractivity contribution is 6.30. The highest BCUT2D eigenvalue weighted by Crippen LogP contribution is 2.14. The summed E-state index contributed by atoms with van der Waals surface area (Å²) in [5, 5.41) is 0.576. The number of carbonyl (C=O) groups excluding carboxylic acids is 1. The van der Waals surface area contributed by atoms with E-state index in [9.17, 15) is 9.59 Å². The van der Waals surface area contributed by atoms with Gasteiger partial charge in [0.25, 0.3) is 5.91 Å². The first-order valence-electron chi connectivity index (χ1n) is 7.56. The number of pyridine rings is 1. The van der Waals surface area contributed by atoms with Crippen LogP contribution in [0.15, 0.2) is 47.4 Å². The zero-order chi connectivity index (χ0) is 16.2. The van der Waals surface area contributed by atoms with E-state index in [4.69, 9.17) is 11.6 Å². The van der Waals surface area contributed by atoms with E-state index in [1.54, 1.807) is 30.5 Å². The Labute approximate surface area is 139 Å². The molecule has 1 N–H and O–H groups in total. The van der Waals surface area contributed by atoms with Crippen molar-refractivity contribution in [2.24, 2.45) is 0 Å². The van der Waals surface area contributed by atoms with Crippen molar-refractivity contribution in [1.29, 1.82) is 0 Å². The molecular formula is C17H18ClN3O2. The summed E-state index contributed by atoms with van der Waals surface area (Å²) < 4.78 is 0. The number of benzene rings is 1. The van der Waals surface area contributed by atoms with E-state index in [1.165, 1.54) is 6.07 Å². The molecule has 1 saturated heterocycles. The van der Waals surface area contributed by atoms with Crippen LogP contribution in [-0.4, -0.2) is 46.9 Å². The summed E-state index contributed by atoms with van der Waals surface area (Å²) >= 11 is 5.95. The van der Waals surface area contributed by atoms with E-state index in [0.29, 0.717) is 23.7 Å². The van der Waals surface area contributed by atoms with Crippen LogP contribution in [0.3, 0.4) is 0 Å². The molecule has 3 rings (SSSR count). The normalized spacial score (nSPS) is 15.6. The molecule has 2 aromatic rings. The number of amides is 1. The van der Waals surface area contributed by atoms with Gasteiger partial charge >= 0.3 is 0 Å². The average molecular weight is 332 g/mol. The Hall–Kier alpha value is -2.11. The van der Waals surface area contributed by atoms with Gasteiger partial charge in [-0.3, -0.25) is 14.5 Å². The van der Waals surface area contributed by atoms with Crippen molar-refractivity contribution in [2.75, 3.05) is 26.2 Å². The third-order valence-corrected chi connectivity index (χ3v) is 4.22. The second kappa shape index (κ2) is 6.98. The molecule has 0 unspecified atom stereocenters. The number of piperazine rings is 1. The zero-order valence-electron chi connectivity index (χ0n) is 12.7. The molecule has 0 bridgehead atoms. The summed E-state index contributed by atoms with van der Waals surface area (Å²) in [5.41, 5.74) is 1.61. The molecule has 120 valence electrons. The molecule has 23 heavy (non-hydrogen) atoms. The van der Waals surface area contributed by atoms with Crippen molar-refractivity contribution in [2.45, 2.75) is 6.54 Å². The van der Waals surface area contributed by atoms with Crippen LogP contribution < -0.4 is 5.56 Å². The number of carbonyl (C=O) groups is 1. The minimum absolute atomic E-state index is 0.0243. The molecule has 0 radical (unpaired) electrons. The van der Waals surface area contributed by atoms with Gasteiger partial charge in [0, 0.05) is 55.6 Å². The topological polar surface area (TPSA) is 56.4 Å². The molecule has 0 spiro atoms. The van der Waals surface area contributed by atoms with Crippen LogP contribution in [0, 0.1) is 0 Å². The van der Waals surface area contributed by atoms with E-state index in [0.717, 1.165) is 25.2 Å². The van der Waals surface area contributed by atoms with Gasteiger partial charge in [-0.15, -0.1) is 0 Å². The number of nitrogens with zero attached hydrogens (tertiary/aromatic N) is 2. The first kappa shape index (κ1) is 15.8. The Morgan fingerprint density at radius 1 is 1.13 bits per heavy atom. The highest BCUT2D eigenvalue weighted by Gasteiger charge is 2.22. The largest absolute Gasteiger partial charge is 0.336 e. The van der Waals surface area contributed by atoms with E-state index >= 15 is 0 Å². The second-order valence-electron chi connectivity index (χ2n) is 5.64. The molecule has 6 heteroatoms. The SMILES string of the molecule is O=C(c1cccc(Cl)c1)N1CCN(Cc2ccc(=O)[nH]c2)CC1. The Balaban J connectivity index is 1.56. The van der Waals surface area contributed by atoms with Crippen molar-refractivity contribution < 1.29 is 4.79 Å². The molecule has 1 aliphatic rings. The summed E-state index contributed by atoms with van der Waals surface area (Å²) in [6.45, 7) is 3.77. The van der Waals surface area contributed by atoms with Gasteiger partial charge in [0.1, 0.15) is 0 Å². The van der Waals surface area contributed by atoms with Crippen molar-refractivity contribution in [3.63, 3.8) is 0 Å². The third kappa shape index (κ3) is 4.00. The van der Waals surface area contributed by atoms with Crippen LogP contribution in [-0.2, 0) is 6.54 Å². The van der Waals surface area contributed by atoms with Gasteiger partial charge in [-0.05, 0) is 23.8 Å². The van der Waals surface area contributed by atoms with Crippen molar-refractivity contribution in [3.8, 4) is 0 Å². The smallest absolute Gasteiger partial charge is 0.253 e. The fourth-order valence-electron chi connectivity index (χ4n) is 2.71. The number of halogens is 1. The molecule has 1 aromatic carbocycles. The van der Waals surface area contributed by atoms with Crippen molar-refractivity contribution in [3.05, 3.63) is 69.1 Å². The lowest BCUT2D eigenvalue weighted by Crippen LogP contribution is -2.48. The highest BCUT2D eigenvalue weighted by atomic mass is 35.5. The third-order valence-electron chi connectivity index (χ3n) is 3.99. The van der Waals surface area contributed by atoms with E-state index in [-0.39, 0.29) is 11.5 Å². The monoisotopic (exact) mass is 331 g/mol. The maximum absolute atomic E-state index is 12.5. The fourth-order valence-corrected chi connectivity index (χ4v) is 2.90. The van der Waals surface area contributed by atoms with E-state index in [2.05, 4.69) is 9.88 Å². The molecule has 1 aromatic heterocycles. The maximum Gasteiger partial charge on any atom is 0.253 e. The number of aromatic nitrogens is 1. The average Bonchev–Trinajstić information content (AvgIpc) is 2.57. The lowest BCUT2D eigenvalue weighted by atomic mass is 10.1. The number of H-pyrrole nitrogens is 1. The molecular weight excluding hydrogens is 314 g/mol. The minimum atomic E-state index is -0.0920. The van der Waals surface area contributed by atoms with Gasteiger partial charge in [-0.2, -0.15) is 0 Å². The lowest BCUT2D eigenvalue weighted by Gasteiger charge is -2.34. The Morgan fingerprint density at radius 2 is 1.91 bits per heavy atom. The second-order valence-corrected chi connectivity index (χ2v) is 6.08. The number of hydrogen-bond donors (Lipinski definition) is 1. The standard InChI is InChI=1S/C17H18ClN3O2/c18-15-3-1-2-14(10-15)17(23)21-8-6-20(7-9-21)12-13-4-5-16(22)19-11-13/h1-5,10-11H,6-9,12H2,(H,19,22). The van der Waals surface area contributed by atoms with Crippen LogP contribution >= 0.6 is 11.6 Å². The summed E-state index contributed by atoms with van der Waals surface area (Å²) in [4.78, 5) is 30.3. The van der Waals surface area contributed by atoms with Crippen molar-refractivity contribution in [1.82, 2.24) is 14.8 Å². The van der Waals surface area contributed by atoms with E-state index < -0.39 is 0 Å². The van der Waals surface area contributed by atoms with Gasteiger partial charge in [0.05, 0.1) is 0 Å². The van der Waals surface area contributed by atoms with Crippen LogP contribution in [0.1, 0.15) is 15.9 Å². The first-order valence-corrected chi connectivity index (χ1v) is 7.94. The van der Waals surface area contributed by atoms with Gasteiger partial charge in [-0.25, -0.2) is 0 Å². The molecule has 5 nitrogen and oxygen atoms in total. The summed E-state index contributed by atoms with van der Waals surface area (Å²) in [7, 11) is 0. The Bertz CT molecular complexity index is 731. The predicted molar refractivity (Wildman–Crippen MR) is 89.7 cm³/mol. The van der Waals surface area contributed by atoms with E-state index in [1.807, 2.05) is 11.0 Å². The molecule has 1 fully saturated rings. The summed E-state index contributed by atoms with van der Waals surface area (Å²) in [5.74, 6) is 0.0243. The first-order chi connectivity index (χ1) is 11.1. The Kier molecular flexibility index (Phi) is 4.79. The van der Waals surface area contributed by atoms with Crippen LogP contribution in [0.2, 0.25) is 5.02 Å². The van der Waals surface area contributed by atoms with Crippen LogP contribution in [0.5, 0.6) is 0 Å². The fraction of sp³-hybridized carbons (Fsp3) is 0.294. The number of hydrogen-bond acceptors (Lipinski definition) is 3. The molecule has 1 amide bonds. The quantitative estimate of drug-likeness (QED) is 0.935. The van der Waals surface area contributed by atoms with Gasteiger partial charge < -0.3 is 9.88 Å². The molecule has 0 saturated carbocycles. The summed E-state index contributed by atoms with van der Waals surface area (Å²) in [6.07, 6.45) is 1.74. The zero-order valence-corrected chi connectivity index (χ0v) is 13.4. The van der Waals surface area contributed by atoms with Crippen LogP contribution in [0.4, 0.5) is 0 Å². The predicted octanol–water partition coefficient (Wildman–Crippen LogP) is 1.99. The van der Waals surface area contributed by atoms with Gasteiger partial charge in [0.2, 0.25) is 5.56 Å². The number of aromatic amines is 1. The molecule has 1 aliphatic heterocycles. The number of nitrogens with one attached hydrogen (secondary N) is 1. The minimum Gasteiger partial charge on any atom is -0.336 e. The molecule has 0 atom stereocenters. The van der Waals surface area contributed by atoms with Gasteiger partial charge in [-0.1, -0.05) is 23.7 Å². The maximum atomic E-state index is 12.5. The molecule has 2 heterocycles. The lowest BCUT2D eigenvalue weighted by molar-refractivity contribution is 0.0628. The Morgan fingerprint density at radius 3 is 2.57 bits per heavy atom. The molecule has 0 aliphatic carbocycles. The van der Waals surface area contributed by atoms with Crippen LogP contribution in [0.25, 0.3) is 0 Å². The van der Waals surface area contributed by atoms with Gasteiger partial charge in [0.15, 0.2) is 0 Å².